The fourth-order valence-corrected chi connectivity index (χ4v) is 5.74. The monoisotopic (exact) mass is 623 g/mol. The number of anilines is 2. The fourth-order valence-electron chi connectivity index (χ4n) is 5.74. The Hall–Kier alpha value is -5.09. The van der Waals surface area contributed by atoms with Gasteiger partial charge in [0.1, 0.15) is 11.5 Å². The van der Waals surface area contributed by atoms with Crippen LogP contribution in [0.4, 0.5) is 15.8 Å². The van der Waals surface area contributed by atoms with Gasteiger partial charge in [0.25, 0.3) is 11.5 Å². The number of nitrogens with zero attached hydrogens (tertiary/aromatic N) is 2. The van der Waals surface area contributed by atoms with Crippen molar-refractivity contribution in [3.63, 3.8) is 0 Å². The Labute approximate surface area is 267 Å². The largest absolute Gasteiger partial charge is 0.372 e. The molecule has 0 saturated carbocycles. The molecule has 3 N–H and O–H groups in total. The second-order valence-corrected chi connectivity index (χ2v) is 11.5. The topological polar surface area (TPSA) is 113 Å². The summed E-state index contributed by atoms with van der Waals surface area (Å²) in [6.45, 7) is 5.28. The molecule has 1 atom stereocenters. The zero-order valence-electron chi connectivity index (χ0n) is 26.4. The van der Waals surface area contributed by atoms with Crippen molar-refractivity contribution in [3.8, 4) is 11.3 Å². The van der Waals surface area contributed by atoms with Gasteiger partial charge >= 0.3 is 0 Å². The molecule has 1 saturated heterocycles. The Morgan fingerprint density at radius 2 is 1.63 bits per heavy atom. The highest BCUT2D eigenvalue weighted by Crippen LogP contribution is 2.29. The molecule has 0 bridgehead atoms. The first-order chi connectivity index (χ1) is 22.1. The van der Waals surface area contributed by atoms with E-state index >= 15 is 0 Å². The van der Waals surface area contributed by atoms with E-state index in [4.69, 9.17) is 0 Å². The van der Waals surface area contributed by atoms with Gasteiger partial charge in [-0.2, -0.15) is 0 Å². The number of rotatable bonds is 10. The van der Waals surface area contributed by atoms with Gasteiger partial charge in [0.2, 0.25) is 5.91 Å². The molecule has 0 unspecified atom stereocenters. The molecule has 1 fully saturated rings. The third kappa shape index (κ3) is 6.77. The number of amides is 2. The van der Waals surface area contributed by atoms with Crippen LogP contribution in [0.2, 0.25) is 0 Å². The summed E-state index contributed by atoms with van der Waals surface area (Å²) in [4.78, 5) is 55.4. The maximum Gasteiger partial charge on any atom is 0.275 e. The van der Waals surface area contributed by atoms with E-state index in [9.17, 15) is 23.6 Å². The number of aromatic nitrogens is 1. The van der Waals surface area contributed by atoms with E-state index in [0.29, 0.717) is 39.1 Å². The van der Waals surface area contributed by atoms with Crippen LogP contribution in [0.3, 0.4) is 0 Å². The number of pyridine rings is 1. The number of carbonyl (C=O) groups is 3. The first kappa shape index (κ1) is 32.3. The van der Waals surface area contributed by atoms with Crippen molar-refractivity contribution >= 4 is 29.0 Å². The van der Waals surface area contributed by atoms with E-state index in [1.807, 2.05) is 25.1 Å². The van der Waals surface area contributed by atoms with Crippen LogP contribution < -0.4 is 26.4 Å². The van der Waals surface area contributed by atoms with E-state index in [-0.39, 0.29) is 29.8 Å². The van der Waals surface area contributed by atoms with Gasteiger partial charge < -0.3 is 25.4 Å². The minimum Gasteiger partial charge on any atom is -0.372 e. The fraction of sp³-hybridized carbons (Fsp3) is 0.278. The Balaban J connectivity index is 1.66. The second-order valence-electron chi connectivity index (χ2n) is 11.5. The predicted octanol–water partition coefficient (Wildman–Crippen LogP) is 4.75. The summed E-state index contributed by atoms with van der Waals surface area (Å²) >= 11 is 0. The van der Waals surface area contributed by atoms with Gasteiger partial charge in [0.15, 0.2) is 5.78 Å². The van der Waals surface area contributed by atoms with E-state index in [1.165, 1.54) is 24.3 Å². The standard InChI is InChI=1S/C36H38FN5O4/c1-22-29(8-7-9-30(22)35(45)39-4)32-15-14-31(40-34(44)23(2)38-3)36(46)42(32)21-24-18-26(20-28(19-24)41-16-5-6-17-41)33(43)25-10-12-27(37)13-11-25/h7-15,18-20,23,38H,5-6,16-17,21H2,1-4H3,(H,39,45)(H,40,44)/t23-/m0/s1. The van der Waals surface area contributed by atoms with Gasteiger partial charge in [0.05, 0.1) is 18.3 Å². The van der Waals surface area contributed by atoms with Gasteiger partial charge in [-0.3, -0.25) is 19.2 Å². The number of halogens is 1. The number of ketones is 1. The smallest absolute Gasteiger partial charge is 0.275 e. The van der Waals surface area contributed by atoms with Gasteiger partial charge in [-0.25, -0.2) is 4.39 Å². The minimum absolute atomic E-state index is 0.0779. The van der Waals surface area contributed by atoms with Crippen LogP contribution in [0.15, 0.2) is 77.6 Å². The molecule has 0 spiro atoms. The van der Waals surface area contributed by atoms with Crippen molar-refractivity contribution in [2.75, 3.05) is 37.4 Å². The number of hydrogen-bond acceptors (Lipinski definition) is 6. The van der Waals surface area contributed by atoms with Gasteiger partial charge in [-0.05, 0) is 106 Å². The van der Waals surface area contributed by atoms with E-state index < -0.39 is 17.4 Å². The van der Waals surface area contributed by atoms with Crippen molar-refractivity contribution in [2.45, 2.75) is 39.3 Å². The van der Waals surface area contributed by atoms with Crippen LogP contribution in [0.5, 0.6) is 0 Å². The number of benzene rings is 3. The van der Waals surface area contributed by atoms with Crippen LogP contribution in [0.25, 0.3) is 11.3 Å². The van der Waals surface area contributed by atoms with Crippen LogP contribution >= 0.6 is 0 Å². The third-order valence-corrected chi connectivity index (χ3v) is 8.50. The maximum absolute atomic E-state index is 14.1. The summed E-state index contributed by atoms with van der Waals surface area (Å²) in [5.74, 6) is -1.30. The van der Waals surface area contributed by atoms with E-state index in [1.54, 1.807) is 55.9 Å². The molecule has 0 radical (unpaired) electrons. The maximum atomic E-state index is 14.1. The highest BCUT2D eigenvalue weighted by Gasteiger charge is 2.21. The van der Waals surface area contributed by atoms with Crippen LogP contribution in [0, 0.1) is 12.7 Å². The predicted molar refractivity (Wildman–Crippen MR) is 178 cm³/mol. The Morgan fingerprint density at radius 1 is 0.913 bits per heavy atom. The molecule has 46 heavy (non-hydrogen) atoms. The van der Waals surface area contributed by atoms with Crippen molar-refractivity contribution in [1.82, 2.24) is 15.2 Å². The lowest BCUT2D eigenvalue weighted by Gasteiger charge is -2.22. The lowest BCUT2D eigenvalue weighted by molar-refractivity contribution is -0.117. The van der Waals surface area contributed by atoms with E-state index in [0.717, 1.165) is 31.6 Å². The number of hydrogen-bond donors (Lipinski definition) is 3. The summed E-state index contributed by atoms with van der Waals surface area (Å²) in [6, 6.07) is 19.1. The zero-order chi connectivity index (χ0) is 33.0. The minimum atomic E-state index is -0.531. The third-order valence-electron chi connectivity index (χ3n) is 8.50. The molecule has 1 aromatic heterocycles. The molecule has 1 aliphatic rings. The number of nitrogens with one attached hydrogen (secondary N) is 3. The average Bonchev–Trinajstić information content (AvgIpc) is 3.61. The molecule has 1 aliphatic heterocycles. The summed E-state index contributed by atoms with van der Waals surface area (Å²) in [5, 5.41) is 8.28. The normalized spacial score (nSPS) is 13.4. The lowest BCUT2D eigenvalue weighted by atomic mass is 9.97. The summed E-state index contributed by atoms with van der Waals surface area (Å²) in [7, 11) is 3.22. The van der Waals surface area contributed by atoms with Crippen LogP contribution in [0.1, 0.15) is 57.2 Å². The highest BCUT2D eigenvalue weighted by molar-refractivity contribution is 6.09. The summed E-state index contributed by atoms with van der Waals surface area (Å²) in [6.07, 6.45) is 2.06. The van der Waals surface area contributed by atoms with Gasteiger partial charge in [0, 0.05) is 48.1 Å². The molecular formula is C36H38FN5O4. The Bertz CT molecular complexity index is 1840. The summed E-state index contributed by atoms with van der Waals surface area (Å²) in [5.41, 5.74) is 4.40. The van der Waals surface area contributed by atoms with Crippen molar-refractivity contribution in [2.24, 2.45) is 0 Å². The molecular weight excluding hydrogens is 585 g/mol. The first-order valence-electron chi connectivity index (χ1n) is 15.3. The molecule has 3 aromatic carbocycles. The van der Waals surface area contributed by atoms with Crippen LogP contribution in [-0.2, 0) is 11.3 Å². The Morgan fingerprint density at radius 3 is 2.30 bits per heavy atom. The molecule has 238 valence electrons. The molecule has 2 heterocycles. The molecule has 10 heteroatoms. The molecule has 0 aliphatic carbocycles. The number of carbonyl (C=O) groups excluding carboxylic acids is 3. The quantitative estimate of drug-likeness (QED) is 0.220. The summed E-state index contributed by atoms with van der Waals surface area (Å²) < 4.78 is 15.2. The average molecular weight is 624 g/mol. The van der Waals surface area contributed by atoms with Crippen molar-refractivity contribution in [1.29, 1.82) is 0 Å². The molecule has 4 aromatic rings. The van der Waals surface area contributed by atoms with Gasteiger partial charge in [-0.15, -0.1) is 0 Å². The first-order valence-corrected chi connectivity index (χ1v) is 15.3. The Kier molecular flexibility index (Phi) is 9.77. The number of likely N-dealkylation sites (N-methyl/N-ethyl adjacent to an activating group) is 1. The lowest BCUT2D eigenvalue weighted by Crippen LogP contribution is -2.37. The molecule has 5 rings (SSSR count). The molecule has 9 nitrogen and oxygen atoms in total. The second kappa shape index (κ2) is 13.9. The van der Waals surface area contributed by atoms with Crippen LogP contribution in [-0.4, -0.2) is 55.4 Å². The van der Waals surface area contributed by atoms with Crippen molar-refractivity contribution in [3.05, 3.63) is 117 Å². The van der Waals surface area contributed by atoms with Gasteiger partial charge in [-0.1, -0.05) is 12.1 Å². The zero-order valence-corrected chi connectivity index (χ0v) is 26.4. The highest BCUT2D eigenvalue weighted by atomic mass is 19.1. The SMILES string of the molecule is CNC(=O)c1cccc(-c2ccc(NC(=O)[C@H](C)NC)c(=O)n2Cc2cc(C(=O)c3ccc(F)cc3)cc(N3CCCC3)c2)c1C. The van der Waals surface area contributed by atoms with E-state index in [2.05, 4.69) is 20.9 Å². The molecule has 2 amide bonds. The van der Waals surface area contributed by atoms with Crippen molar-refractivity contribution < 1.29 is 18.8 Å².